The largest absolute Gasteiger partial charge is 0.356 e. The zero-order valence-corrected chi connectivity index (χ0v) is 13.8. The Balaban J connectivity index is 1.91. The van der Waals surface area contributed by atoms with Crippen molar-refractivity contribution in [1.82, 2.24) is 14.6 Å². The van der Waals surface area contributed by atoms with Crippen LogP contribution in [0.5, 0.6) is 0 Å². The summed E-state index contributed by atoms with van der Waals surface area (Å²) in [5, 5.41) is 4.91. The van der Waals surface area contributed by atoms with Crippen molar-refractivity contribution in [2.75, 3.05) is 18.0 Å². The zero-order chi connectivity index (χ0) is 15.8. The smallest absolute Gasteiger partial charge is 0.161 e. The summed E-state index contributed by atoms with van der Waals surface area (Å²) in [6.07, 6.45) is 3.85. The number of rotatable bonds is 2. The van der Waals surface area contributed by atoms with Gasteiger partial charge < -0.3 is 4.90 Å². The first-order chi connectivity index (χ1) is 11.2. The van der Waals surface area contributed by atoms with Gasteiger partial charge in [-0.1, -0.05) is 30.3 Å². The Hall–Kier alpha value is -2.36. The van der Waals surface area contributed by atoms with E-state index in [1.807, 2.05) is 10.6 Å². The molecule has 0 spiro atoms. The van der Waals surface area contributed by atoms with Crippen LogP contribution in [0.4, 0.5) is 5.82 Å². The van der Waals surface area contributed by atoms with Crippen molar-refractivity contribution in [3.05, 3.63) is 47.7 Å². The predicted octanol–water partition coefficient (Wildman–Crippen LogP) is 4.00. The van der Waals surface area contributed by atoms with Crippen molar-refractivity contribution in [3.63, 3.8) is 0 Å². The third-order valence-corrected chi connectivity index (χ3v) is 4.66. The third kappa shape index (κ3) is 2.48. The van der Waals surface area contributed by atoms with Crippen LogP contribution in [0, 0.1) is 13.8 Å². The maximum absolute atomic E-state index is 4.91. The van der Waals surface area contributed by atoms with Gasteiger partial charge in [-0.25, -0.2) is 4.98 Å². The van der Waals surface area contributed by atoms with Crippen LogP contribution in [0.1, 0.15) is 30.5 Å². The molecule has 0 N–H and O–H groups in total. The molecule has 0 atom stereocenters. The number of nitrogens with zero attached hydrogens (tertiary/aromatic N) is 4. The van der Waals surface area contributed by atoms with Crippen LogP contribution < -0.4 is 4.90 Å². The second kappa shape index (κ2) is 5.69. The van der Waals surface area contributed by atoms with E-state index in [-0.39, 0.29) is 0 Å². The van der Waals surface area contributed by atoms with Gasteiger partial charge in [-0.15, -0.1) is 0 Å². The first kappa shape index (κ1) is 14.2. The summed E-state index contributed by atoms with van der Waals surface area (Å²) in [6, 6.07) is 12.5. The molecule has 23 heavy (non-hydrogen) atoms. The van der Waals surface area contributed by atoms with Gasteiger partial charge in [0, 0.05) is 36.0 Å². The van der Waals surface area contributed by atoms with Crippen molar-refractivity contribution in [3.8, 4) is 11.3 Å². The lowest BCUT2D eigenvalue weighted by atomic mass is 10.1. The summed E-state index contributed by atoms with van der Waals surface area (Å²) in [4.78, 5) is 7.20. The average molecular weight is 306 g/mol. The monoisotopic (exact) mass is 306 g/mol. The van der Waals surface area contributed by atoms with Gasteiger partial charge in [0.05, 0.1) is 5.69 Å². The first-order valence-electron chi connectivity index (χ1n) is 8.41. The molecule has 1 aromatic carbocycles. The van der Waals surface area contributed by atoms with Crippen LogP contribution in [0.15, 0.2) is 36.4 Å². The second-order valence-corrected chi connectivity index (χ2v) is 6.38. The average Bonchev–Trinajstić information content (AvgIpc) is 2.93. The van der Waals surface area contributed by atoms with E-state index < -0.39 is 0 Å². The van der Waals surface area contributed by atoms with Crippen LogP contribution in [-0.2, 0) is 0 Å². The van der Waals surface area contributed by atoms with E-state index in [0.717, 1.165) is 41.3 Å². The zero-order valence-electron chi connectivity index (χ0n) is 13.8. The highest BCUT2D eigenvalue weighted by molar-refractivity contribution is 5.71. The number of hydrogen-bond acceptors (Lipinski definition) is 3. The Morgan fingerprint density at radius 2 is 1.70 bits per heavy atom. The van der Waals surface area contributed by atoms with Crippen LogP contribution in [0.3, 0.4) is 0 Å². The fourth-order valence-electron chi connectivity index (χ4n) is 3.44. The molecule has 1 aliphatic rings. The molecule has 4 heteroatoms. The number of anilines is 1. The summed E-state index contributed by atoms with van der Waals surface area (Å²) in [7, 11) is 0. The molecule has 0 aliphatic carbocycles. The minimum atomic E-state index is 0.976. The summed E-state index contributed by atoms with van der Waals surface area (Å²) >= 11 is 0. The van der Waals surface area contributed by atoms with Crippen molar-refractivity contribution in [1.29, 1.82) is 0 Å². The van der Waals surface area contributed by atoms with Crippen molar-refractivity contribution < 1.29 is 0 Å². The molecule has 4 nitrogen and oxygen atoms in total. The van der Waals surface area contributed by atoms with Gasteiger partial charge in [-0.05, 0) is 33.1 Å². The van der Waals surface area contributed by atoms with Gasteiger partial charge >= 0.3 is 0 Å². The molecule has 0 unspecified atom stereocenters. The minimum absolute atomic E-state index is 0.976. The molecular formula is C19H22N4. The van der Waals surface area contributed by atoms with Gasteiger partial charge in [0.1, 0.15) is 5.82 Å². The van der Waals surface area contributed by atoms with Crippen LogP contribution in [0.25, 0.3) is 16.9 Å². The van der Waals surface area contributed by atoms with Gasteiger partial charge in [-0.3, -0.25) is 0 Å². The molecule has 4 rings (SSSR count). The lowest BCUT2D eigenvalue weighted by Gasteiger charge is -2.29. The van der Waals surface area contributed by atoms with Crippen molar-refractivity contribution in [2.45, 2.75) is 33.1 Å². The molecule has 1 aliphatic heterocycles. The SMILES string of the molecule is Cc1cc(N2CCCCC2)n2nc(-c3ccccc3)c(C)c2n1. The van der Waals surface area contributed by atoms with Crippen molar-refractivity contribution in [2.24, 2.45) is 0 Å². The minimum Gasteiger partial charge on any atom is -0.356 e. The Labute approximate surface area is 136 Å². The number of hydrogen-bond donors (Lipinski definition) is 0. The number of fused-ring (bicyclic) bond motifs is 1. The van der Waals surface area contributed by atoms with E-state index in [1.54, 1.807) is 0 Å². The van der Waals surface area contributed by atoms with Gasteiger partial charge in [-0.2, -0.15) is 9.61 Å². The lowest BCUT2D eigenvalue weighted by molar-refractivity contribution is 0.568. The third-order valence-electron chi connectivity index (χ3n) is 4.66. The van der Waals surface area contributed by atoms with E-state index in [1.165, 1.54) is 25.1 Å². The maximum atomic E-state index is 4.91. The first-order valence-corrected chi connectivity index (χ1v) is 8.41. The van der Waals surface area contributed by atoms with E-state index in [0.29, 0.717) is 0 Å². The van der Waals surface area contributed by atoms with Gasteiger partial charge in [0.2, 0.25) is 0 Å². The van der Waals surface area contributed by atoms with Gasteiger partial charge in [0.15, 0.2) is 5.65 Å². The number of benzene rings is 1. The summed E-state index contributed by atoms with van der Waals surface area (Å²) < 4.78 is 2.04. The summed E-state index contributed by atoms with van der Waals surface area (Å²) in [6.45, 7) is 6.41. The second-order valence-electron chi connectivity index (χ2n) is 6.38. The van der Waals surface area contributed by atoms with Gasteiger partial charge in [0.25, 0.3) is 0 Å². The van der Waals surface area contributed by atoms with E-state index in [2.05, 4.69) is 49.1 Å². The maximum Gasteiger partial charge on any atom is 0.161 e. The topological polar surface area (TPSA) is 33.4 Å². The Kier molecular flexibility index (Phi) is 3.52. The van der Waals surface area contributed by atoms with E-state index >= 15 is 0 Å². The fourth-order valence-corrected chi connectivity index (χ4v) is 3.44. The number of piperidine rings is 1. The quantitative estimate of drug-likeness (QED) is 0.717. The normalized spacial score (nSPS) is 15.3. The number of aryl methyl sites for hydroxylation is 2. The molecule has 0 radical (unpaired) electrons. The molecule has 3 heterocycles. The standard InChI is InChI=1S/C19H22N4/c1-14-13-17(22-11-7-4-8-12-22)23-19(20-14)15(2)18(21-23)16-9-5-3-6-10-16/h3,5-6,9-10,13H,4,7-8,11-12H2,1-2H3. The van der Waals surface area contributed by atoms with E-state index in [4.69, 9.17) is 10.1 Å². The van der Waals surface area contributed by atoms with Crippen LogP contribution in [-0.4, -0.2) is 27.7 Å². The van der Waals surface area contributed by atoms with Crippen molar-refractivity contribution >= 4 is 11.5 Å². The van der Waals surface area contributed by atoms with Crippen LogP contribution in [0.2, 0.25) is 0 Å². The Morgan fingerprint density at radius 3 is 2.43 bits per heavy atom. The van der Waals surface area contributed by atoms with E-state index in [9.17, 15) is 0 Å². The molecule has 0 amide bonds. The molecule has 118 valence electrons. The molecule has 2 aromatic heterocycles. The molecular weight excluding hydrogens is 284 g/mol. The number of aromatic nitrogens is 3. The highest BCUT2D eigenvalue weighted by Gasteiger charge is 2.19. The summed E-state index contributed by atoms with van der Waals surface area (Å²) in [5.74, 6) is 1.18. The highest BCUT2D eigenvalue weighted by atomic mass is 15.4. The summed E-state index contributed by atoms with van der Waals surface area (Å²) in [5.41, 5.74) is 5.36. The lowest BCUT2D eigenvalue weighted by Crippen LogP contribution is -2.31. The Bertz CT molecular complexity index is 829. The molecule has 0 saturated carbocycles. The molecule has 1 fully saturated rings. The highest BCUT2D eigenvalue weighted by Crippen LogP contribution is 2.28. The fraction of sp³-hybridized carbons (Fsp3) is 0.368. The Morgan fingerprint density at radius 1 is 0.957 bits per heavy atom. The molecule has 3 aromatic rings. The predicted molar refractivity (Wildman–Crippen MR) is 94.0 cm³/mol. The molecule has 0 bridgehead atoms. The molecule has 1 saturated heterocycles. The van der Waals surface area contributed by atoms with Crippen LogP contribution >= 0.6 is 0 Å².